The Hall–Kier alpha value is -2.44. The van der Waals surface area contributed by atoms with Crippen LogP contribution in [0.15, 0.2) is 18.2 Å². The maximum absolute atomic E-state index is 13.7. The van der Waals surface area contributed by atoms with E-state index in [1.165, 1.54) is 17.0 Å². The van der Waals surface area contributed by atoms with Gasteiger partial charge in [0.2, 0.25) is 5.91 Å². The number of carboxylic acids is 1. The number of rotatable bonds is 3. The molecule has 1 aromatic carbocycles. The predicted molar refractivity (Wildman–Crippen MR) is 63.2 cm³/mol. The molecule has 100 valence electrons. The summed E-state index contributed by atoms with van der Waals surface area (Å²) in [4.78, 5) is 34.3. The Morgan fingerprint density at radius 1 is 1.42 bits per heavy atom. The van der Waals surface area contributed by atoms with Crippen molar-refractivity contribution in [3.63, 3.8) is 0 Å². The van der Waals surface area contributed by atoms with Crippen molar-refractivity contribution in [1.82, 2.24) is 5.32 Å². The zero-order valence-electron chi connectivity index (χ0n) is 9.85. The number of anilines is 1. The van der Waals surface area contributed by atoms with Crippen LogP contribution >= 0.6 is 0 Å². The van der Waals surface area contributed by atoms with Crippen molar-refractivity contribution in [3.8, 4) is 0 Å². The minimum Gasteiger partial charge on any atom is -0.481 e. The van der Waals surface area contributed by atoms with E-state index in [0.717, 1.165) is 6.07 Å². The molecule has 0 spiro atoms. The van der Waals surface area contributed by atoms with Crippen LogP contribution < -0.4 is 10.2 Å². The van der Waals surface area contributed by atoms with Gasteiger partial charge in [-0.15, -0.1) is 0 Å². The summed E-state index contributed by atoms with van der Waals surface area (Å²) in [7, 11) is 0. The zero-order chi connectivity index (χ0) is 14.0. The molecule has 6 nitrogen and oxygen atoms in total. The quantitative estimate of drug-likeness (QED) is 0.851. The van der Waals surface area contributed by atoms with E-state index < -0.39 is 24.2 Å². The van der Waals surface area contributed by atoms with Crippen LogP contribution in [-0.2, 0) is 16.0 Å². The van der Waals surface area contributed by atoms with Crippen molar-refractivity contribution in [1.29, 1.82) is 0 Å². The van der Waals surface area contributed by atoms with Crippen LogP contribution in [0.2, 0.25) is 0 Å². The van der Waals surface area contributed by atoms with Gasteiger partial charge in [-0.05, 0) is 17.7 Å². The average Bonchev–Trinajstić information content (AvgIpc) is 2.31. The Labute approximate surface area is 107 Å². The lowest BCUT2D eigenvalue weighted by molar-refractivity contribution is -0.136. The number of nitrogens with zero attached hydrogens (tertiary/aromatic N) is 1. The number of urea groups is 1. The molecule has 3 amide bonds. The van der Waals surface area contributed by atoms with Gasteiger partial charge in [0.1, 0.15) is 5.82 Å². The summed E-state index contributed by atoms with van der Waals surface area (Å²) in [6.45, 7) is 0.169. The molecule has 1 saturated heterocycles. The Kier molecular flexibility index (Phi) is 3.46. The third-order valence-corrected chi connectivity index (χ3v) is 2.74. The monoisotopic (exact) mass is 266 g/mol. The van der Waals surface area contributed by atoms with Crippen LogP contribution in [0.1, 0.15) is 12.0 Å². The zero-order valence-corrected chi connectivity index (χ0v) is 9.85. The third-order valence-electron chi connectivity index (χ3n) is 2.74. The number of nitrogens with one attached hydrogen (secondary N) is 1. The molecule has 19 heavy (non-hydrogen) atoms. The normalized spacial score (nSPS) is 15.3. The molecule has 2 N–H and O–H groups in total. The second-order valence-electron chi connectivity index (χ2n) is 4.10. The standard InChI is InChI=1S/C12H11FN2O4/c13-9-6-8(2-1-7(9)5-11(17)18)15-4-3-10(16)14-12(15)19/h1-2,6H,3-5H2,(H,17,18)(H,14,16,19). The number of carboxylic acid groups (broad SMARTS) is 1. The van der Waals surface area contributed by atoms with Gasteiger partial charge in [0.25, 0.3) is 0 Å². The van der Waals surface area contributed by atoms with Crippen molar-refractivity contribution in [2.45, 2.75) is 12.8 Å². The molecule has 2 rings (SSSR count). The summed E-state index contributed by atoms with van der Waals surface area (Å²) >= 11 is 0. The molecule has 0 aliphatic carbocycles. The van der Waals surface area contributed by atoms with Gasteiger partial charge in [0.05, 0.1) is 6.42 Å². The van der Waals surface area contributed by atoms with Crippen molar-refractivity contribution in [3.05, 3.63) is 29.6 Å². The highest BCUT2D eigenvalue weighted by Crippen LogP contribution is 2.21. The van der Waals surface area contributed by atoms with Crippen LogP contribution in [0.4, 0.5) is 14.9 Å². The lowest BCUT2D eigenvalue weighted by Gasteiger charge is -2.26. The van der Waals surface area contributed by atoms with E-state index in [1.807, 2.05) is 0 Å². The van der Waals surface area contributed by atoms with Crippen LogP contribution in [0, 0.1) is 5.82 Å². The van der Waals surface area contributed by atoms with Crippen molar-refractivity contribution in [2.24, 2.45) is 0 Å². The number of aliphatic carboxylic acids is 1. The topological polar surface area (TPSA) is 86.7 Å². The lowest BCUT2D eigenvalue weighted by atomic mass is 10.1. The molecule has 1 aliphatic heterocycles. The Morgan fingerprint density at radius 2 is 2.16 bits per heavy atom. The molecular formula is C12H11FN2O4. The Morgan fingerprint density at radius 3 is 2.74 bits per heavy atom. The van der Waals surface area contributed by atoms with Gasteiger partial charge in [0, 0.05) is 18.7 Å². The van der Waals surface area contributed by atoms with E-state index in [9.17, 15) is 18.8 Å². The summed E-state index contributed by atoms with van der Waals surface area (Å²) < 4.78 is 13.7. The molecule has 0 saturated carbocycles. The first-order valence-electron chi connectivity index (χ1n) is 5.59. The molecule has 1 heterocycles. The molecule has 7 heteroatoms. The van der Waals surface area contributed by atoms with E-state index in [4.69, 9.17) is 5.11 Å². The van der Waals surface area contributed by atoms with E-state index in [-0.39, 0.29) is 30.1 Å². The third kappa shape index (κ3) is 2.87. The fourth-order valence-corrected chi connectivity index (χ4v) is 1.82. The van der Waals surface area contributed by atoms with Gasteiger partial charge in [-0.1, -0.05) is 6.07 Å². The molecule has 0 bridgehead atoms. The second kappa shape index (κ2) is 5.05. The van der Waals surface area contributed by atoms with Crippen LogP contribution in [0.25, 0.3) is 0 Å². The fraction of sp³-hybridized carbons (Fsp3) is 0.250. The van der Waals surface area contributed by atoms with E-state index in [0.29, 0.717) is 0 Å². The maximum atomic E-state index is 13.7. The van der Waals surface area contributed by atoms with Crippen molar-refractivity contribution >= 4 is 23.6 Å². The summed E-state index contributed by atoms with van der Waals surface area (Å²) in [5.41, 5.74) is 0.335. The number of hydrogen-bond donors (Lipinski definition) is 2. The molecule has 0 atom stereocenters. The van der Waals surface area contributed by atoms with E-state index in [2.05, 4.69) is 5.32 Å². The highest BCUT2D eigenvalue weighted by Gasteiger charge is 2.24. The largest absolute Gasteiger partial charge is 0.481 e. The summed E-state index contributed by atoms with van der Waals surface area (Å²) in [6.07, 6.45) is -0.277. The molecule has 0 radical (unpaired) electrons. The first-order valence-corrected chi connectivity index (χ1v) is 5.59. The van der Waals surface area contributed by atoms with Gasteiger partial charge in [0.15, 0.2) is 0 Å². The predicted octanol–water partition coefficient (Wildman–Crippen LogP) is 0.899. The molecule has 0 aromatic heterocycles. The summed E-state index contributed by atoms with van der Waals surface area (Å²) in [5, 5.41) is 10.7. The van der Waals surface area contributed by atoms with Crippen molar-refractivity contribution < 1.29 is 23.9 Å². The fourth-order valence-electron chi connectivity index (χ4n) is 1.82. The molecule has 1 aromatic rings. The number of halogens is 1. The van der Waals surface area contributed by atoms with Crippen LogP contribution in [0.3, 0.4) is 0 Å². The number of amides is 3. The highest BCUT2D eigenvalue weighted by molar-refractivity contribution is 6.05. The van der Waals surface area contributed by atoms with Gasteiger partial charge in [-0.3, -0.25) is 19.8 Å². The minimum atomic E-state index is -1.13. The number of carbonyl (C=O) groups excluding carboxylic acids is 2. The first-order chi connectivity index (χ1) is 8.97. The minimum absolute atomic E-state index is 0.0461. The number of imide groups is 1. The number of benzene rings is 1. The van der Waals surface area contributed by atoms with E-state index >= 15 is 0 Å². The molecule has 1 fully saturated rings. The Bertz CT molecular complexity index is 559. The SMILES string of the molecule is O=C(O)Cc1ccc(N2CCC(=O)NC2=O)cc1F. The summed E-state index contributed by atoms with van der Waals surface area (Å²) in [6, 6.07) is 3.26. The van der Waals surface area contributed by atoms with E-state index in [1.54, 1.807) is 0 Å². The van der Waals surface area contributed by atoms with Gasteiger partial charge >= 0.3 is 12.0 Å². The Balaban J connectivity index is 2.22. The number of hydrogen-bond acceptors (Lipinski definition) is 3. The lowest BCUT2D eigenvalue weighted by Crippen LogP contribution is -2.49. The average molecular weight is 266 g/mol. The van der Waals surface area contributed by atoms with Gasteiger partial charge in [-0.2, -0.15) is 0 Å². The maximum Gasteiger partial charge on any atom is 0.328 e. The molecule has 1 aliphatic rings. The van der Waals surface area contributed by atoms with Crippen LogP contribution in [-0.4, -0.2) is 29.6 Å². The van der Waals surface area contributed by atoms with Crippen molar-refractivity contribution in [2.75, 3.05) is 11.4 Å². The smallest absolute Gasteiger partial charge is 0.328 e. The second-order valence-corrected chi connectivity index (χ2v) is 4.10. The van der Waals surface area contributed by atoms with Gasteiger partial charge in [-0.25, -0.2) is 9.18 Å². The number of carbonyl (C=O) groups is 3. The molecule has 0 unspecified atom stereocenters. The summed E-state index contributed by atoms with van der Waals surface area (Å²) in [5.74, 6) is -2.19. The van der Waals surface area contributed by atoms with Gasteiger partial charge < -0.3 is 5.11 Å². The first kappa shape index (κ1) is 13.0. The highest BCUT2D eigenvalue weighted by atomic mass is 19.1. The molecular weight excluding hydrogens is 255 g/mol. The van der Waals surface area contributed by atoms with Crippen LogP contribution in [0.5, 0.6) is 0 Å².